The predicted octanol–water partition coefficient (Wildman–Crippen LogP) is 3.51. The van der Waals surface area contributed by atoms with Crippen molar-refractivity contribution in [1.29, 1.82) is 5.26 Å². The molecule has 1 fully saturated rings. The summed E-state index contributed by atoms with van der Waals surface area (Å²) in [5, 5.41) is 9.32. The molecule has 0 aliphatic carbocycles. The van der Waals surface area contributed by atoms with Gasteiger partial charge in [-0.3, -0.25) is 4.79 Å². The molecule has 190 valence electrons. The van der Waals surface area contributed by atoms with E-state index in [1.165, 1.54) is 29.9 Å². The average Bonchev–Trinajstić information content (AvgIpc) is 2.86. The number of benzene rings is 1. The van der Waals surface area contributed by atoms with Crippen LogP contribution in [0.5, 0.6) is 5.75 Å². The third kappa shape index (κ3) is 5.45. The monoisotopic (exact) mass is 502 g/mol. The van der Waals surface area contributed by atoms with Crippen molar-refractivity contribution in [2.75, 3.05) is 38.3 Å². The summed E-state index contributed by atoms with van der Waals surface area (Å²) < 4.78 is 58.0. The molecular formula is C25H25F3N4O4. The van der Waals surface area contributed by atoms with Gasteiger partial charge in [-0.25, -0.2) is 4.98 Å². The minimum absolute atomic E-state index is 0.1000. The Morgan fingerprint density at radius 1 is 1.17 bits per heavy atom. The second-order valence-corrected chi connectivity index (χ2v) is 8.42. The van der Waals surface area contributed by atoms with Crippen LogP contribution in [0.2, 0.25) is 0 Å². The summed E-state index contributed by atoms with van der Waals surface area (Å²) in [7, 11) is 3.17. The third-order valence-electron chi connectivity index (χ3n) is 6.09. The van der Waals surface area contributed by atoms with Gasteiger partial charge in [0.25, 0.3) is 5.56 Å². The number of nitriles is 1. The molecule has 1 aromatic carbocycles. The highest BCUT2D eigenvalue weighted by atomic mass is 19.4. The Kier molecular flexibility index (Phi) is 7.47. The Morgan fingerprint density at radius 2 is 1.97 bits per heavy atom. The van der Waals surface area contributed by atoms with Crippen molar-refractivity contribution in [2.24, 2.45) is 7.05 Å². The van der Waals surface area contributed by atoms with Gasteiger partial charge < -0.3 is 23.7 Å². The Hall–Kier alpha value is -3.62. The number of ether oxygens (including phenoxy) is 3. The highest BCUT2D eigenvalue weighted by molar-refractivity contribution is 5.88. The van der Waals surface area contributed by atoms with E-state index in [9.17, 15) is 23.2 Å². The van der Waals surface area contributed by atoms with Crippen LogP contribution in [-0.4, -0.2) is 55.2 Å². The first kappa shape index (κ1) is 25.5. The number of nitrogens with zero attached hydrogens (tertiary/aromatic N) is 4. The maximum Gasteiger partial charge on any atom is 0.416 e. The molecule has 0 unspecified atom stereocenters. The molecule has 2 atom stereocenters. The lowest BCUT2D eigenvalue weighted by molar-refractivity contribution is -0.137. The Bertz CT molecular complexity index is 1340. The van der Waals surface area contributed by atoms with Crippen LogP contribution in [0.25, 0.3) is 11.0 Å². The summed E-state index contributed by atoms with van der Waals surface area (Å²) in [5.41, 5.74) is 0.837. The number of halogens is 3. The smallest absolute Gasteiger partial charge is 0.416 e. The van der Waals surface area contributed by atoms with Gasteiger partial charge in [0.2, 0.25) is 0 Å². The van der Waals surface area contributed by atoms with Crippen molar-refractivity contribution in [3.63, 3.8) is 0 Å². The summed E-state index contributed by atoms with van der Waals surface area (Å²) in [6, 6.07) is 11.5. The van der Waals surface area contributed by atoms with E-state index in [-0.39, 0.29) is 23.6 Å². The average molecular weight is 502 g/mol. The van der Waals surface area contributed by atoms with Gasteiger partial charge in [0.1, 0.15) is 35.2 Å². The Balaban J connectivity index is 1.63. The number of alkyl halides is 3. The predicted molar refractivity (Wildman–Crippen MR) is 126 cm³/mol. The van der Waals surface area contributed by atoms with Crippen molar-refractivity contribution in [3.8, 4) is 11.8 Å². The maximum absolute atomic E-state index is 13.2. The number of aromatic nitrogens is 2. The fourth-order valence-electron chi connectivity index (χ4n) is 4.23. The van der Waals surface area contributed by atoms with E-state index < -0.39 is 23.9 Å². The Labute approximate surface area is 205 Å². The number of hydrogen-bond donors (Lipinski definition) is 0. The van der Waals surface area contributed by atoms with E-state index in [1.54, 1.807) is 19.2 Å². The molecule has 1 aliphatic heterocycles. The second-order valence-electron chi connectivity index (χ2n) is 8.42. The van der Waals surface area contributed by atoms with E-state index >= 15 is 0 Å². The molecule has 11 heteroatoms. The van der Waals surface area contributed by atoms with Crippen LogP contribution < -0.4 is 15.2 Å². The minimum Gasteiger partial charge on any atom is -0.488 e. The summed E-state index contributed by atoms with van der Waals surface area (Å²) in [4.78, 5) is 19.0. The molecule has 0 N–H and O–H groups in total. The zero-order chi connectivity index (χ0) is 25.9. The van der Waals surface area contributed by atoms with Gasteiger partial charge in [0, 0.05) is 39.7 Å². The summed E-state index contributed by atoms with van der Waals surface area (Å²) in [6.45, 7) is 1.32. The van der Waals surface area contributed by atoms with Crippen molar-refractivity contribution in [3.05, 3.63) is 64.1 Å². The number of piperidine rings is 1. The largest absolute Gasteiger partial charge is 0.488 e. The van der Waals surface area contributed by atoms with Crippen LogP contribution in [0.4, 0.5) is 18.9 Å². The van der Waals surface area contributed by atoms with Crippen LogP contribution in [-0.2, 0) is 22.7 Å². The van der Waals surface area contributed by atoms with Crippen LogP contribution in [0.1, 0.15) is 17.7 Å². The lowest BCUT2D eigenvalue weighted by atomic mass is 10.0. The minimum atomic E-state index is -4.48. The number of hydrogen-bond acceptors (Lipinski definition) is 7. The van der Waals surface area contributed by atoms with E-state index in [0.717, 1.165) is 12.1 Å². The van der Waals surface area contributed by atoms with Crippen molar-refractivity contribution in [1.82, 2.24) is 9.55 Å². The van der Waals surface area contributed by atoms with Gasteiger partial charge in [0.15, 0.2) is 0 Å². The number of fused-ring (bicyclic) bond motifs is 1. The van der Waals surface area contributed by atoms with Crippen LogP contribution in [0.15, 0.2) is 47.3 Å². The standard InChI is InChI=1S/C25H25F3N4O4/c1-31-19-7-6-17(14-29)30-24(19)20(13-23(31)33)32-9-8-21(22(15-32)35-11-10-34-2)36-18-5-3-4-16(12-18)25(26,27)28/h3-7,12-13,21-22H,8-11,15H2,1-2H3/t21-,22+/m0/s1. The number of anilines is 1. The fraction of sp³-hybridized carbons (Fsp3) is 0.400. The molecule has 0 saturated carbocycles. The van der Waals surface area contributed by atoms with Crippen LogP contribution >= 0.6 is 0 Å². The zero-order valence-corrected chi connectivity index (χ0v) is 19.8. The van der Waals surface area contributed by atoms with Gasteiger partial charge in [0.05, 0.1) is 30.0 Å². The SMILES string of the molecule is COCCO[C@@H]1CN(c2cc(=O)n(C)c3ccc(C#N)nc23)CC[C@@H]1Oc1cccc(C(F)(F)F)c1. The summed E-state index contributed by atoms with van der Waals surface area (Å²) in [5.74, 6) is 0.1000. The van der Waals surface area contributed by atoms with Crippen LogP contribution in [0, 0.1) is 11.3 Å². The molecule has 3 aromatic rings. The molecule has 3 heterocycles. The van der Waals surface area contributed by atoms with E-state index in [4.69, 9.17) is 14.2 Å². The van der Waals surface area contributed by atoms with Crippen molar-refractivity contribution in [2.45, 2.75) is 24.8 Å². The molecule has 8 nitrogen and oxygen atoms in total. The topological polar surface area (TPSA) is 89.6 Å². The molecule has 0 spiro atoms. The normalized spacial score (nSPS) is 18.3. The first-order valence-electron chi connectivity index (χ1n) is 11.3. The third-order valence-corrected chi connectivity index (χ3v) is 6.09. The number of aryl methyl sites for hydroxylation is 1. The van der Waals surface area contributed by atoms with Gasteiger partial charge >= 0.3 is 6.18 Å². The molecule has 2 aromatic heterocycles. The summed E-state index contributed by atoms with van der Waals surface area (Å²) >= 11 is 0. The van der Waals surface area contributed by atoms with Gasteiger partial charge in [-0.15, -0.1) is 0 Å². The van der Waals surface area contributed by atoms with Crippen molar-refractivity contribution < 1.29 is 27.4 Å². The zero-order valence-electron chi connectivity index (χ0n) is 19.8. The highest BCUT2D eigenvalue weighted by Gasteiger charge is 2.34. The molecule has 1 aliphatic rings. The summed E-state index contributed by atoms with van der Waals surface area (Å²) in [6.07, 6.45) is -5.11. The van der Waals surface area contributed by atoms with Crippen LogP contribution in [0.3, 0.4) is 0 Å². The number of methoxy groups -OCH3 is 1. The number of pyridine rings is 2. The lowest BCUT2D eigenvalue weighted by Gasteiger charge is -2.39. The van der Waals surface area contributed by atoms with E-state index in [0.29, 0.717) is 42.8 Å². The van der Waals surface area contributed by atoms with Gasteiger partial charge in [-0.1, -0.05) is 6.07 Å². The molecule has 4 rings (SSSR count). The second kappa shape index (κ2) is 10.6. The Morgan fingerprint density at radius 3 is 2.69 bits per heavy atom. The molecule has 36 heavy (non-hydrogen) atoms. The molecule has 0 radical (unpaired) electrons. The maximum atomic E-state index is 13.2. The molecule has 1 saturated heterocycles. The van der Waals surface area contributed by atoms with E-state index in [2.05, 4.69) is 4.98 Å². The van der Waals surface area contributed by atoms with Gasteiger partial charge in [-0.05, 0) is 30.3 Å². The quantitative estimate of drug-likeness (QED) is 0.457. The van der Waals surface area contributed by atoms with E-state index in [1.807, 2.05) is 11.0 Å². The van der Waals surface area contributed by atoms with Crippen molar-refractivity contribution >= 4 is 16.7 Å². The first-order chi connectivity index (χ1) is 17.2. The fourth-order valence-corrected chi connectivity index (χ4v) is 4.23. The lowest BCUT2D eigenvalue weighted by Crippen LogP contribution is -2.51. The molecule has 0 amide bonds. The molecule has 0 bridgehead atoms. The molecular weight excluding hydrogens is 477 g/mol. The number of rotatable bonds is 7. The first-order valence-corrected chi connectivity index (χ1v) is 11.3. The van der Waals surface area contributed by atoms with Gasteiger partial charge in [-0.2, -0.15) is 18.4 Å². The highest BCUT2D eigenvalue weighted by Crippen LogP contribution is 2.33.